The molecule has 0 radical (unpaired) electrons. The molecule has 1 fully saturated rings. The maximum Gasteiger partial charge on any atom is 0.217 e. The second-order valence-electron chi connectivity index (χ2n) is 5.23. The first-order valence-corrected chi connectivity index (χ1v) is 8.67. The molecule has 124 valence electrons. The molecule has 1 amide bonds. The summed E-state index contributed by atoms with van der Waals surface area (Å²) in [5, 5.41) is 3.39. The van der Waals surface area contributed by atoms with Crippen LogP contribution in [0.25, 0.3) is 0 Å². The number of nitrogens with two attached hydrogens (primary N) is 1. The van der Waals surface area contributed by atoms with Gasteiger partial charge in [0.1, 0.15) is 0 Å². The molecule has 2 rings (SSSR count). The van der Waals surface area contributed by atoms with Gasteiger partial charge >= 0.3 is 0 Å². The summed E-state index contributed by atoms with van der Waals surface area (Å²) < 4.78 is 1.13. The van der Waals surface area contributed by atoms with Crippen LogP contribution >= 0.6 is 51.2 Å². The molecular weight excluding hydrogens is 479 g/mol. The topological polar surface area (TPSA) is 70.7 Å². The van der Waals surface area contributed by atoms with Crippen molar-refractivity contribution < 1.29 is 4.79 Å². The van der Waals surface area contributed by atoms with Crippen molar-refractivity contribution in [2.75, 3.05) is 20.1 Å². The van der Waals surface area contributed by atoms with Gasteiger partial charge in [-0.1, -0.05) is 0 Å². The first-order valence-electron chi connectivity index (χ1n) is 7.06. The molecule has 1 aliphatic heterocycles. The lowest BCUT2D eigenvalue weighted by Gasteiger charge is -2.34. The van der Waals surface area contributed by atoms with Crippen LogP contribution < -0.4 is 11.1 Å². The molecule has 1 aromatic heterocycles. The summed E-state index contributed by atoms with van der Waals surface area (Å²) in [6.45, 7) is 2.58. The smallest absolute Gasteiger partial charge is 0.217 e. The molecule has 1 aliphatic rings. The van der Waals surface area contributed by atoms with E-state index in [9.17, 15) is 4.79 Å². The third-order valence-corrected chi connectivity index (χ3v) is 5.19. The average molecular weight is 501 g/mol. The first kappa shape index (κ1) is 19.7. The molecule has 5 nitrogen and oxygen atoms in total. The van der Waals surface area contributed by atoms with Crippen molar-refractivity contribution >= 4 is 63.1 Å². The monoisotopic (exact) mass is 500 g/mol. The third-order valence-electron chi connectivity index (χ3n) is 3.57. The number of nitrogens with zero attached hydrogens (tertiary/aromatic N) is 2. The second kappa shape index (κ2) is 9.71. The lowest BCUT2D eigenvalue weighted by atomic mass is 9.95. The van der Waals surface area contributed by atoms with Crippen LogP contribution in [0.4, 0.5) is 0 Å². The first-order chi connectivity index (χ1) is 10.1. The summed E-state index contributed by atoms with van der Waals surface area (Å²) in [7, 11) is 1.80. The number of carbonyl (C=O) groups is 1. The van der Waals surface area contributed by atoms with Gasteiger partial charge in [0, 0.05) is 31.4 Å². The average Bonchev–Trinajstić information content (AvgIpc) is 2.85. The molecule has 0 spiro atoms. The van der Waals surface area contributed by atoms with Crippen LogP contribution in [0.1, 0.15) is 24.1 Å². The van der Waals surface area contributed by atoms with Crippen molar-refractivity contribution in [3.63, 3.8) is 0 Å². The largest absolute Gasteiger partial charge is 0.370 e. The molecule has 1 saturated heterocycles. The van der Waals surface area contributed by atoms with Crippen molar-refractivity contribution in [3.05, 3.63) is 20.8 Å². The van der Waals surface area contributed by atoms with Crippen LogP contribution in [-0.4, -0.2) is 36.9 Å². The van der Waals surface area contributed by atoms with Gasteiger partial charge in [-0.25, -0.2) is 0 Å². The number of hydrogen-bond donors (Lipinski definition) is 2. The lowest BCUT2D eigenvalue weighted by molar-refractivity contribution is -0.119. The number of likely N-dealkylation sites (tertiary alicyclic amines) is 1. The molecule has 8 heteroatoms. The fourth-order valence-corrected chi connectivity index (χ4v) is 4.08. The summed E-state index contributed by atoms with van der Waals surface area (Å²) in [6.07, 6.45) is 2.60. The minimum absolute atomic E-state index is 0. The number of carbonyl (C=O) groups excluding carboxylic acids is 1. The fraction of sp³-hybridized carbons (Fsp3) is 0.571. The number of hydrogen-bond acceptors (Lipinski definition) is 3. The molecule has 0 aliphatic carbocycles. The van der Waals surface area contributed by atoms with Gasteiger partial charge in [-0.2, -0.15) is 0 Å². The molecular formula is C14H22BrIN4OS. The quantitative estimate of drug-likeness (QED) is 0.379. The zero-order valence-electron chi connectivity index (χ0n) is 12.5. The number of piperidine rings is 1. The summed E-state index contributed by atoms with van der Waals surface area (Å²) in [6, 6.07) is 4.15. The van der Waals surface area contributed by atoms with E-state index in [0.717, 1.165) is 42.2 Å². The lowest BCUT2D eigenvalue weighted by Crippen LogP contribution is -2.46. The van der Waals surface area contributed by atoms with E-state index in [1.165, 1.54) is 4.88 Å². The van der Waals surface area contributed by atoms with Crippen LogP contribution in [0.2, 0.25) is 0 Å². The molecule has 1 atom stereocenters. The van der Waals surface area contributed by atoms with Crippen molar-refractivity contribution in [1.29, 1.82) is 0 Å². The standard InChI is InChI=1S/C14H21BrN4OS.HI/c1-17-14(18-8-11-4-5-12(15)21-11)19-6-2-3-10(9-19)7-13(16)20;/h4-5,10H,2-3,6-9H2,1H3,(H2,16,20)(H,17,18);1H. The van der Waals surface area contributed by atoms with Crippen molar-refractivity contribution in [3.8, 4) is 0 Å². The fourth-order valence-electron chi connectivity index (χ4n) is 2.65. The summed E-state index contributed by atoms with van der Waals surface area (Å²) in [4.78, 5) is 18.9. The van der Waals surface area contributed by atoms with E-state index in [-0.39, 0.29) is 29.9 Å². The molecule has 1 unspecified atom stereocenters. The highest BCUT2D eigenvalue weighted by Gasteiger charge is 2.23. The molecule has 0 aromatic carbocycles. The summed E-state index contributed by atoms with van der Waals surface area (Å²) >= 11 is 5.19. The van der Waals surface area contributed by atoms with Crippen LogP contribution in [-0.2, 0) is 11.3 Å². The Kier molecular flexibility index (Phi) is 8.70. The minimum Gasteiger partial charge on any atom is -0.370 e. The highest BCUT2D eigenvalue weighted by atomic mass is 127. The highest BCUT2D eigenvalue weighted by molar-refractivity contribution is 14.0. The number of amides is 1. The van der Waals surface area contributed by atoms with Gasteiger partial charge in [-0.05, 0) is 46.8 Å². The Balaban J connectivity index is 0.00000242. The Hall–Kier alpha value is -0.350. The van der Waals surface area contributed by atoms with E-state index in [1.54, 1.807) is 18.4 Å². The highest BCUT2D eigenvalue weighted by Crippen LogP contribution is 2.22. The molecule has 2 heterocycles. The number of nitrogens with one attached hydrogen (secondary N) is 1. The van der Waals surface area contributed by atoms with Gasteiger partial charge in [-0.15, -0.1) is 35.3 Å². The van der Waals surface area contributed by atoms with E-state index >= 15 is 0 Å². The second-order valence-corrected chi connectivity index (χ2v) is 7.78. The van der Waals surface area contributed by atoms with E-state index < -0.39 is 0 Å². The Morgan fingerprint density at radius 3 is 2.95 bits per heavy atom. The third kappa shape index (κ3) is 6.04. The Labute approximate surface area is 160 Å². The Morgan fingerprint density at radius 1 is 1.59 bits per heavy atom. The van der Waals surface area contributed by atoms with E-state index in [0.29, 0.717) is 12.3 Å². The molecule has 22 heavy (non-hydrogen) atoms. The number of guanidine groups is 1. The van der Waals surface area contributed by atoms with Crippen LogP contribution in [0, 0.1) is 5.92 Å². The van der Waals surface area contributed by atoms with Crippen LogP contribution in [0.15, 0.2) is 20.9 Å². The molecule has 1 aromatic rings. The summed E-state index contributed by atoms with van der Waals surface area (Å²) in [5.41, 5.74) is 5.31. The summed E-state index contributed by atoms with van der Waals surface area (Å²) in [5.74, 6) is 1.02. The number of aliphatic imine (C=N–C) groups is 1. The number of thiophene rings is 1. The van der Waals surface area contributed by atoms with Gasteiger partial charge < -0.3 is 16.0 Å². The molecule has 0 saturated carbocycles. The van der Waals surface area contributed by atoms with Gasteiger partial charge in [0.25, 0.3) is 0 Å². The van der Waals surface area contributed by atoms with Crippen molar-refractivity contribution in [1.82, 2.24) is 10.2 Å². The SMILES string of the molecule is CN=C(NCc1ccc(Br)s1)N1CCCC(CC(N)=O)C1.I. The number of primary amides is 1. The maximum absolute atomic E-state index is 11.1. The van der Waals surface area contributed by atoms with E-state index in [1.807, 2.05) is 6.07 Å². The maximum atomic E-state index is 11.1. The minimum atomic E-state index is -0.215. The molecule has 3 N–H and O–H groups in total. The zero-order valence-corrected chi connectivity index (χ0v) is 17.3. The van der Waals surface area contributed by atoms with Crippen molar-refractivity contribution in [2.45, 2.75) is 25.8 Å². The zero-order chi connectivity index (χ0) is 15.2. The van der Waals surface area contributed by atoms with E-state index in [4.69, 9.17) is 5.73 Å². The van der Waals surface area contributed by atoms with Crippen LogP contribution in [0.3, 0.4) is 0 Å². The normalized spacial score (nSPS) is 18.7. The van der Waals surface area contributed by atoms with Gasteiger partial charge in [0.15, 0.2) is 5.96 Å². The number of halogens is 2. The van der Waals surface area contributed by atoms with E-state index in [2.05, 4.69) is 37.2 Å². The van der Waals surface area contributed by atoms with Gasteiger partial charge in [0.2, 0.25) is 5.91 Å². The van der Waals surface area contributed by atoms with Crippen molar-refractivity contribution in [2.24, 2.45) is 16.6 Å². The Morgan fingerprint density at radius 2 is 2.36 bits per heavy atom. The number of rotatable bonds is 4. The molecule has 0 bridgehead atoms. The predicted octanol–water partition coefficient (Wildman–Crippen LogP) is 2.79. The Bertz CT molecular complexity index is 523. The predicted molar refractivity (Wildman–Crippen MR) is 106 cm³/mol. The van der Waals surface area contributed by atoms with Gasteiger partial charge in [0.05, 0.1) is 10.3 Å². The van der Waals surface area contributed by atoms with Gasteiger partial charge in [-0.3, -0.25) is 9.79 Å². The van der Waals surface area contributed by atoms with Crippen LogP contribution in [0.5, 0.6) is 0 Å².